The minimum atomic E-state index is -0.887. The summed E-state index contributed by atoms with van der Waals surface area (Å²) < 4.78 is 0. The van der Waals surface area contributed by atoms with E-state index < -0.39 is 6.10 Å². The van der Waals surface area contributed by atoms with E-state index >= 15 is 0 Å². The molecule has 0 heterocycles. The molecule has 5 nitrogen and oxygen atoms in total. The van der Waals surface area contributed by atoms with Gasteiger partial charge in [-0.2, -0.15) is 0 Å². The summed E-state index contributed by atoms with van der Waals surface area (Å²) >= 11 is 3.27. The molecule has 0 aliphatic rings. The first kappa shape index (κ1) is 12.5. The molecule has 0 radical (unpaired) electrons. The maximum atomic E-state index is 10.9. The number of urea groups is 1. The number of nitrogens with one attached hydrogen (secondary N) is 2. The third kappa shape index (κ3) is 7.89. The summed E-state index contributed by atoms with van der Waals surface area (Å²) in [4.78, 5) is 10.9. The van der Waals surface area contributed by atoms with Gasteiger partial charge in [-0.15, -0.1) is 0 Å². The zero-order valence-electron chi connectivity index (χ0n) is 7.42. The Morgan fingerprint density at radius 3 is 2.69 bits per heavy atom. The molecular weight excluding hydrogens is 192 g/mol. The van der Waals surface area contributed by atoms with Crippen LogP contribution in [0.3, 0.4) is 0 Å². The van der Waals surface area contributed by atoms with Gasteiger partial charge >= 0.3 is 6.03 Å². The van der Waals surface area contributed by atoms with Gasteiger partial charge in [-0.1, -0.05) is 0 Å². The van der Waals surface area contributed by atoms with Crippen LogP contribution in [0.2, 0.25) is 0 Å². The van der Waals surface area contributed by atoms with Crippen LogP contribution in [0.4, 0.5) is 4.79 Å². The van der Waals surface area contributed by atoms with E-state index in [2.05, 4.69) is 23.3 Å². The third-order valence-corrected chi connectivity index (χ3v) is 1.70. The van der Waals surface area contributed by atoms with Gasteiger partial charge in [0.05, 0.1) is 12.7 Å². The van der Waals surface area contributed by atoms with E-state index in [1.165, 1.54) is 0 Å². The van der Waals surface area contributed by atoms with Crippen LogP contribution in [0.15, 0.2) is 0 Å². The molecule has 78 valence electrons. The van der Waals surface area contributed by atoms with E-state index in [0.29, 0.717) is 6.54 Å². The lowest BCUT2D eigenvalue weighted by Crippen LogP contribution is -2.41. The van der Waals surface area contributed by atoms with E-state index in [-0.39, 0.29) is 19.2 Å². The Kier molecular flexibility index (Phi) is 7.86. The summed E-state index contributed by atoms with van der Waals surface area (Å²) in [5, 5.41) is 22.3. The molecule has 0 aliphatic carbocycles. The molecule has 0 saturated carbocycles. The topological polar surface area (TPSA) is 81.6 Å². The lowest BCUT2D eigenvalue weighted by Gasteiger charge is -2.09. The van der Waals surface area contributed by atoms with Crippen molar-refractivity contribution < 1.29 is 15.0 Å². The van der Waals surface area contributed by atoms with Gasteiger partial charge in [0.1, 0.15) is 5.75 Å². The third-order valence-electron chi connectivity index (χ3n) is 1.35. The van der Waals surface area contributed by atoms with Crippen molar-refractivity contribution in [3.05, 3.63) is 0 Å². The first-order valence-corrected chi connectivity index (χ1v) is 4.86. The van der Waals surface area contributed by atoms with Crippen LogP contribution >= 0.6 is 0 Å². The average Bonchev–Trinajstić information content (AvgIpc) is 2.14. The molecule has 0 aromatic carbocycles. The van der Waals surface area contributed by atoms with Crippen molar-refractivity contribution >= 4 is 18.7 Å². The summed E-state index contributed by atoms with van der Waals surface area (Å²) in [5.74, 6) is 0.833. The Bertz CT molecular complexity index is 146. The number of carbonyl (C=O) groups excluding carboxylic acids is 1. The molecule has 0 bridgehead atoms. The highest BCUT2D eigenvalue weighted by Gasteiger charge is 2.04. The fraction of sp³-hybridized carbons (Fsp3) is 0.857. The number of aliphatic hydroxyl groups excluding tert-OH is 2. The number of hydrogen-bond acceptors (Lipinski definition) is 3. The largest absolute Gasteiger partial charge is 0.394 e. The SMILES string of the molecule is O=C(NCCC[SH2+])NCC(O)CO. The first-order valence-electron chi connectivity index (χ1n) is 4.16. The van der Waals surface area contributed by atoms with Gasteiger partial charge in [-0.3, -0.25) is 0 Å². The molecule has 0 aromatic heterocycles. The molecular formula is C7H17N2O3S+. The molecule has 0 fully saturated rings. The Morgan fingerprint density at radius 2 is 2.15 bits per heavy atom. The second-order valence-corrected chi connectivity index (χ2v) is 3.08. The highest BCUT2D eigenvalue weighted by atomic mass is 32.1. The molecule has 0 saturated heterocycles. The van der Waals surface area contributed by atoms with Crippen molar-refractivity contribution in [2.45, 2.75) is 12.5 Å². The number of carbonyl (C=O) groups is 1. The second-order valence-electron chi connectivity index (χ2n) is 2.58. The number of aliphatic hydroxyl groups is 2. The maximum absolute atomic E-state index is 10.9. The fourth-order valence-electron chi connectivity index (χ4n) is 0.628. The van der Waals surface area contributed by atoms with Crippen molar-refractivity contribution in [2.24, 2.45) is 0 Å². The summed E-state index contributed by atoms with van der Waals surface area (Å²) in [5.41, 5.74) is 0. The molecule has 6 heteroatoms. The summed E-state index contributed by atoms with van der Waals surface area (Å²) in [7, 11) is 0. The number of hydrogen-bond donors (Lipinski definition) is 4. The smallest absolute Gasteiger partial charge is 0.314 e. The Morgan fingerprint density at radius 1 is 1.46 bits per heavy atom. The van der Waals surface area contributed by atoms with Crippen LogP contribution in [0.1, 0.15) is 6.42 Å². The van der Waals surface area contributed by atoms with Crippen LogP contribution in [-0.4, -0.2) is 47.8 Å². The van der Waals surface area contributed by atoms with Crippen LogP contribution in [0.25, 0.3) is 0 Å². The molecule has 0 rings (SSSR count). The number of rotatable bonds is 6. The Balaban J connectivity index is 3.30. The number of amides is 2. The molecule has 4 N–H and O–H groups in total. The molecule has 0 aromatic rings. The standard InChI is InChI=1S/C7H16N2O3S/c10-5-6(11)4-9-7(12)8-2-1-3-13/h6,10-11,13H,1-5H2,(H2,8,9,12)/p+1. The quantitative estimate of drug-likeness (QED) is 0.303. The van der Waals surface area contributed by atoms with E-state index in [1.807, 2.05) is 0 Å². The molecule has 2 amide bonds. The predicted octanol–water partition coefficient (Wildman–Crippen LogP) is -1.96. The molecule has 0 aliphatic heterocycles. The highest BCUT2D eigenvalue weighted by Crippen LogP contribution is 1.77. The normalized spacial score (nSPS) is 12.2. The van der Waals surface area contributed by atoms with E-state index in [4.69, 9.17) is 10.2 Å². The maximum Gasteiger partial charge on any atom is 0.314 e. The van der Waals surface area contributed by atoms with Gasteiger partial charge in [-0.05, 0) is 12.6 Å². The lowest BCUT2D eigenvalue weighted by molar-refractivity contribution is 0.0959. The average molecular weight is 209 g/mol. The van der Waals surface area contributed by atoms with Crippen LogP contribution < -0.4 is 10.6 Å². The lowest BCUT2D eigenvalue weighted by atomic mass is 10.4. The summed E-state index contributed by atoms with van der Waals surface area (Å²) in [6.07, 6.45) is -0.0334. The molecule has 0 spiro atoms. The summed E-state index contributed by atoms with van der Waals surface area (Å²) in [6, 6.07) is -0.326. The second kappa shape index (κ2) is 8.15. The zero-order chi connectivity index (χ0) is 10.1. The minimum absolute atomic E-state index is 0.0657. The predicted molar refractivity (Wildman–Crippen MR) is 54.1 cm³/mol. The van der Waals surface area contributed by atoms with Crippen molar-refractivity contribution in [1.82, 2.24) is 10.6 Å². The first-order chi connectivity index (χ1) is 6.20. The van der Waals surface area contributed by atoms with Gasteiger partial charge in [0.2, 0.25) is 0 Å². The van der Waals surface area contributed by atoms with Crippen LogP contribution in [-0.2, 0) is 12.6 Å². The van der Waals surface area contributed by atoms with Crippen molar-refractivity contribution in [1.29, 1.82) is 0 Å². The minimum Gasteiger partial charge on any atom is -0.394 e. The van der Waals surface area contributed by atoms with E-state index in [9.17, 15) is 4.79 Å². The van der Waals surface area contributed by atoms with Crippen LogP contribution in [0.5, 0.6) is 0 Å². The molecule has 1 atom stereocenters. The van der Waals surface area contributed by atoms with Gasteiger partial charge in [0, 0.05) is 19.5 Å². The van der Waals surface area contributed by atoms with E-state index in [0.717, 1.165) is 12.2 Å². The zero-order valence-corrected chi connectivity index (χ0v) is 8.42. The Hall–Kier alpha value is -0.460. The monoisotopic (exact) mass is 209 g/mol. The van der Waals surface area contributed by atoms with E-state index in [1.54, 1.807) is 0 Å². The van der Waals surface area contributed by atoms with Gasteiger partial charge < -0.3 is 20.8 Å². The van der Waals surface area contributed by atoms with Gasteiger partial charge in [0.15, 0.2) is 0 Å². The highest BCUT2D eigenvalue weighted by molar-refractivity contribution is 7.58. The Labute approximate surface area is 82.9 Å². The fourth-order valence-corrected chi connectivity index (χ4v) is 0.805. The van der Waals surface area contributed by atoms with Crippen LogP contribution in [0, 0.1) is 0 Å². The van der Waals surface area contributed by atoms with Gasteiger partial charge in [0.25, 0.3) is 0 Å². The summed E-state index contributed by atoms with van der Waals surface area (Å²) in [6.45, 7) is 0.308. The molecule has 1 unspecified atom stereocenters. The van der Waals surface area contributed by atoms with Crippen molar-refractivity contribution in [2.75, 3.05) is 25.4 Å². The van der Waals surface area contributed by atoms with Crippen molar-refractivity contribution in [3.63, 3.8) is 0 Å². The molecule has 13 heavy (non-hydrogen) atoms. The van der Waals surface area contributed by atoms with Gasteiger partial charge in [-0.25, -0.2) is 4.79 Å². The van der Waals surface area contributed by atoms with Crippen molar-refractivity contribution in [3.8, 4) is 0 Å².